The van der Waals surface area contributed by atoms with Crippen molar-refractivity contribution < 1.29 is 44.7 Å². The van der Waals surface area contributed by atoms with Gasteiger partial charge < -0.3 is 10.1 Å². The first-order valence-corrected chi connectivity index (χ1v) is 8.93. The minimum Gasteiger partial charge on any atom is -0.459 e. The summed E-state index contributed by atoms with van der Waals surface area (Å²) in [7, 11) is 0. The van der Waals surface area contributed by atoms with Crippen LogP contribution in [-0.4, -0.2) is 12.0 Å². The van der Waals surface area contributed by atoms with E-state index in [-0.39, 0.29) is 10.7 Å². The van der Waals surface area contributed by atoms with Gasteiger partial charge in [-0.25, -0.2) is 26.7 Å². The second-order valence-electron chi connectivity index (χ2n) is 6.71. The van der Waals surface area contributed by atoms with Crippen LogP contribution in [0.25, 0.3) is 0 Å². The van der Waals surface area contributed by atoms with Crippen molar-refractivity contribution in [2.45, 2.75) is 32.7 Å². The maximum absolute atomic E-state index is 13.7. The first kappa shape index (κ1) is 24.7. The highest BCUT2D eigenvalue weighted by Gasteiger charge is 2.32. The van der Waals surface area contributed by atoms with Crippen LogP contribution in [0.2, 0.25) is 5.02 Å². The van der Waals surface area contributed by atoms with Crippen molar-refractivity contribution in [3.63, 3.8) is 0 Å². The molecular weight excluding hydrogens is 462 g/mol. The Morgan fingerprint density at radius 2 is 1.52 bits per heavy atom. The van der Waals surface area contributed by atoms with E-state index in [9.17, 15) is 39.9 Å². The van der Waals surface area contributed by atoms with Crippen LogP contribution in [0.1, 0.15) is 25.0 Å². The Labute approximate surface area is 175 Å². The Kier molecular flexibility index (Phi) is 7.40. The molecule has 0 fully saturated rings. The normalized spacial score (nSPS) is 12.8. The van der Waals surface area contributed by atoms with Gasteiger partial charge in [0.1, 0.15) is 12.6 Å². The lowest BCUT2D eigenvalue weighted by molar-refractivity contribution is -0.147. The van der Waals surface area contributed by atoms with Gasteiger partial charge in [-0.05, 0) is 24.1 Å². The highest BCUT2D eigenvalue weighted by Crippen LogP contribution is 2.34. The lowest BCUT2D eigenvalue weighted by Crippen LogP contribution is -2.36. The SMILES string of the molecule is CC(C)[C@@H](Nc1ccc(C(F)(F)F)cc1Cl)C(=O)OCc1c(F)c(F)c(F)c(F)c1F. The third kappa shape index (κ3) is 5.38. The van der Waals surface area contributed by atoms with E-state index in [0.717, 1.165) is 6.07 Å². The summed E-state index contributed by atoms with van der Waals surface area (Å²) >= 11 is 5.82. The van der Waals surface area contributed by atoms with E-state index in [1.807, 2.05) is 0 Å². The van der Waals surface area contributed by atoms with Crippen LogP contribution < -0.4 is 5.32 Å². The second kappa shape index (κ2) is 9.29. The van der Waals surface area contributed by atoms with Crippen LogP contribution in [0.3, 0.4) is 0 Å². The molecule has 1 N–H and O–H groups in total. The van der Waals surface area contributed by atoms with Crippen LogP contribution >= 0.6 is 11.6 Å². The number of hydrogen-bond donors (Lipinski definition) is 1. The van der Waals surface area contributed by atoms with Crippen molar-refractivity contribution >= 4 is 23.3 Å². The largest absolute Gasteiger partial charge is 0.459 e. The molecule has 0 saturated carbocycles. The number of esters is 1. The van der Waals surface area contributed by atoms with E-state index in [2.05, 4.69) is 5.32 Å². The summed E-state index contributed by atoms with van der Waals surface area (Å²) in [5.74, 6) is -12.8. The van der Waals surface area contributed by atoms with Gasteiger partial charge in [0.2, 0.25) is 5.82 Å². The average Bonchev–Trinajstić information content (AvgIpc) is 2.68. The Hall–Kier alpha value is -2.56. The van der Waals surface area contributed by atoms with Crippen LogP contribution in [0.4, 0.5) is 40.8 Å². The number of nitrogens with one attached hydrogen (secondary N) is 1. The summed E-state index contributed by atoms with van der Waals surface area (Å²) in [5, 5.41) is 2.19. The molecule has 0 saturated heterocycles. The predicted octanol–water partition coefficient (Wildman–Crippen LogP) is 6.23. The molecule has 0 radical (unpaired) electrons. The Balaban J connectivity index is 2.22. The Morgan fingerprint density at radius 3 is 1.97 bits per heavy atom. The number of alkyl halides is 3. The number of anilines is 1. The van der Waals surface area contributed by atoms with E-state index < -0.39 is 70.9 Å². The Bertz CT molecular complexity index is 965. The van der Waals surface area contributed by atoms with Gasteiger partial charge in [-0.1, -0.05) is 25.4 Å². The number of ether oxygens (including phenoxy) is 1. The van der Waals surface area contributed by atoms with Gasteiger partial charge in [0.05, 0.1) is 21.8 Å². The number of hydrogen-bond acceptors (Lipinski definition) is 3. The maximum Gasteiger partial charge on any atom is 0.416 e. The molecule has 170 valence electrons. The van der Waals surface area contributed by atoms with Crippen molar-refractivity contribution in [3.8, 4) is 0 Å². The lowest BCUT2D eigenvalue weighted by atomic mass is 10.0. The molecule has 31 heavy (non-hydrogen) atoms. The third-order valence-corrected chi connectivity index (χ3v) is 4.50. The van der Waals surface area contributed by atoms with Gasteiger partial charge in [-0.15, -0.1) is 0 Å². The molecule has 2 aromatic carbocycles. The molecule has 1 atom stereocenters. The van der Waals surface area contributed by atoms with E-state index in [1.165, 1.54) is 13.8 Å². The highest BCUT2D eigenvalue weighted by atomic mass is 35.5. The summed E-state index contributed by atoms with van der Waals surface area (Å²) in [6.07, 6.45) is -4.65. The Morgan fingerprint density at radius 1 is 1.00 bits per heavy atom. The molecule has 0 aliphatic heterocycles. The summed E-state index contributed by atoms with van der Waals surface area (Å²) < 4.78 is 110. The van der Waals surface area contributed by atoms with E-state index in [4.69, 9.17) is 16.3 Å². The average molecular weight is 476 g/mol. The molecule has 12 heteroatoms. The van der Waals surface area contributed by atoms with Gasteiger partial charge >= 0.3 is 12.1 Å². The molecule has 0 heterocycles. The van der Waals surface area contributed by atoms with E-state index >= 15 is 0 Å². The van der Waals surface area contributed by atoms with Gasteiger partial charge in [0.15, 0.2) is 23.3 Å². The van der Waals surface area contributed by atoms with E-state index in [0.29, 0.717) is 12.1 Å². The molecule has 0 aromatic heterocycles. The van der Waals surface area contributed by atoms with Crippen molar-refractivity contribution in [2.24, 2.45) is 5.92 Å². The van der Waals surface area contributed by atoms with Crippen LogP contribution in [0.15, 0.2) is 18.2 Å². The zero-order valence-corrected chi connectivity index (χ0v) is 16.6. The number of carbonyl (C=O) groups excluding carboxylic acids is 1. The van der Waals surface area contributed by atoms with Gasteiger partial charge in [-0.3, -0.25) is 0 Å². The fourth-order valence-electron chi connectivity index (χ4n) is 2.48. The fourth-order valence-corrected chi connectivity index (χ4v) is 2.72. The molecule has 2 rings (SSSR count). The minimum atomic E-state index is -4.65. The predicted molar refractivity (Wildman–Crippen MR) is 94.7 cm³/mol. The number of benzene rings is 2. The summed E-state index contributed by atoms with van der Waals surface area (Å²) in [6, 6.07) is 1.04. The molecule has 0 aliphatic rings. The van der Waals surface area contributed by atoms with E-state index in [1.54, 1.807) is 0 Å². The van der Waals surface area contributed by atoms with Crippen LogP contribution in [-0.2, 0) is 22.3 Å². The molecule has 0 bridgehead atoms. The molecule has 2 aromatic rings. The van der Waals surface area contributed by atoms with Gasteiger partial charge in [-0.2, -0.15) is 13.2 Å². The topological polar surface area (TPSA) is 38.3 Å². The molecule has 0 amide bonds. The summed E-state index contributed by atoms with van der Waals surface area (Å²) in [4.78, 5) is 12.3. The molecule has 0 spiro atoms. The van der Waals surface area contributed by atoms with Crippen molar-refractivity contribution in [1.82, 2.24) is 0 Å². The highest BCUT2D eigenvalue weighted by molar-refractivity contribution is 6.33. The van der Waals surface area contributed by atoms with Crippen molar-refractivity contribution in [1.29, 1.82) is 0 Å². The third-order valence-electron chi connectivity index (χ3n) is 4.19. The van der Waals surface area contributed by atoms with Crippen molar-refractivity contribution in [3.05, 3.63) is 63.4 Å². The number of carbonyl (C=O) groups is 1. The quantitative estimate of drug-likeness (QED) is 0.233. The molecular formula is C19H14ClF8NO2. The maximum atomic E-state index is 13.7. The smallest absolute Gasteiger partial charge is 0.416 e. The molecule has 3 nitrogen and oxygen atoms in total. The monoisotopic (exact) mass is 475 g/mol. The van der Waals surface area contributed by atoms with Gasteiger partial charge in [0, 0.05) is 0 Å². The standard InChI is InChI=1S/C19H14ClF8NO2/c1-7(2)17(29-11-4-3-8(5-10(11)20)19(26,27)28)18(30)31-6-9-12(21)14(23)16(25)15(24)13(9)22/h3-5,7,17,29H,6H2,1-2H3/t17-/m1/s1. The van der Waals surface area contributed by atoms with Crippen LogP contribution in [0, 0.1) is 35.0 Å². The number of rotatable bonds is 6. The first-order chi connectivity index (χ1) is 14.3. The van der Waals surface area contributed by atoms with Crippen LogP contribution in [0.5, 0.6) is 0 Å². The first-order valence-electron chi connectivity index (χ1n) is 8.55. The second-order valence-corrected chi connectivity index (χ2v) is 7.12. The summed E-state index contributed by atoms with van der Waals surface area (Å²) in [6.45, 7) is 1.75. The zero-order chi connectivity index (χ0) is 23.7. The molecule has 0 aliphatic carbocycles. The zero-order valence-electron chi connectivity index (χ0n) is 15.8. The molecule has 0 unspecified atom stereocenters. The lowest BCUT2D eigenvalue weighted by Gasteiger charge is -2.23. The summed E-state index contributed by atoms with van der Waals surface area (Å²) in [5.41, 5.74) is -2.44. The minimum absolute atomic E-state index is 0.0680. The van der Waals surface area contributed by atoms with Crippen molar-refractivity contribution in [2.75, 3.05) is 5.32 Å². The fraction of sp³-hybridized carbons (Fsp3) is 0.316. The number of halogens is 9. The van der Waals surface area contributed by atoms with Gasteiger partial charge in [0.25, 0.3) is 0 Å².